The third-order valence-electron chi connectivity index (χ3n) is 3.10. The van der Waals surface area contributed by atoms with Crippen LogP contribution in [0.4, 0.5) is 4.79 Å². The Hall–Kier alpha value is -1.24. The molecule has 0 bridgehead atoms. The Morgan fingerprint density at radius 2 is 2.44 bits per heavy atom. The fraction of sp³-hybridized carbons (Fsp3) is 0.833. The predicted octanol–water partition coefficient (Wildman–Crippen LogP) is 2.12. The van der Waals surface area contributed by atoms with Gasteiger partial charge in [-0.25, -0.2) is 4.79 Å². The van der Waals surface area contributed by atoms with Gasteiger partial charge in [0.1, 0.15) is 0 Å². The molecule has 2 unspecified atom stereocenters. The van der Waals surface area contributed by atoms with E-state index < -0.39 is 0 Å². The molecule has 0 aliphatic carbocycles. The Labute approximate surface area is 97.6 Å². The molecule has 1 N–H and O–H groups in total. The number of nitrogens with one attached hydrogen (secondary N) is 1. The number of carbonyl (C=O) groups is 1. The van der Waals surface area contributed by atoms with E-state index in [-0.39, 0.29) is 12.1 Å². The minimum atomic E-state index is -0.00588. The molecule has 4 heteroatoms. The number of nitrogens with zero attached hydrogens (tertiary/aromatic N) is 2. The second-order valence-electron chi connectivity index (χ2n) is 4.61. The summed E-state index contributed by atoms with van der Waals surface area (Å²) in [5, 5.41) is 11.5. The standard InChI is InChI=1S/C12H21N3O/c1-3-11(6-7-13)14-12(16)15-8-4-5-10(2)9-15/h10-11H,3-6,8-9H2,1-2H3,(H,14,16). The van der Waals surface area contributed by atoms with Crippen molar-refractivity contribution < 1.29 is 4.79 Å². The number of carbonyl (C=O) groups excluding carboxylic acids is 1. The molecule has 1 heterocycles. The SMILES string of the molecule is CCC(CC#N)NC(=O)N1CCCC(C)C1. The summed E-state index contributed by atoms with van der Waals surface area (Å²) in [4.78, 5) is 13.8. The van der Waals surface area contributed by atoms with Crippen LogP contribution < -0.4 is 5.32 Å². The molecule has 0 aromatic carbocycles. The number of urea groups is 1. The highest BCUT2D eigenvalue weighted by atomic mass is 16.2. The maximum Gasteiger partial charge on any atom is 0.317 e. The zero-order valence-corrected chi connectivity index (χ0v) is 10.2. The monoisotopic (exact) mass is 223 g/mol. The second-order valence-corrected chi connectivity index (χ2v) is 4.61. The molecule has 0 saturated carbocycles. The molecule has 2 atom stereocenters. The van der Waals surface area contributed by atoms with E-state index in [1.165, 1.54) is 6.42 Å². The van der Waals surface area contributed by atoms with Gasteiger partial charge in [-0.3, -0.25) is 0 Å². The lowest BCUT2D eigenvalue weighted by atomic mass is 10.0. The van der Waals surface area contributed by atoms with Gasteiger partial charge in [-0.1, -0.05) is 13.8 Å². The van der Waals surface area contributed by atoms with Crippen molar-refractivity contribution in [1.82, 2.24) is 10.2 Å². The predicted molar refractivity (Wildman–Crippen MR) is 62.8 cm³/mol. The fourth-order valence-corrected chi connectivity index (χ4v) is 2.05. The maximum absolute atomic E-state index is 11.9. The summed E-state index contributed by atoms with van der Waals surface area (Å²) in [6.07, 6.45) is 3.50. The van der Waals surface area contributed by atoms with Crippen molar-refractivity contribution in [2.75, 3.05) is 13.1 Å². The Morgan fingerprint density at radius 1 is 1.69 bits per heavy atom. The van der Waals surface area contributed by atoms with Gasteiger partial charge in [0.2, 0.25) is 0 Å². The zero-order chi connectivity index (χ0) is 12.0. The minimum absolute atomic E-state index is 0.00488. The van der Waals surface area contributed by atoms with Gasteiger partial charge in [0.25, 0.3) is 0 Å². The highest BCUT2D eigenvalue weighted by Crippen LogP contribution is 2.15. The van der Waals surface area contributed by atoms with Crippen molar-refractivity contribution in [1.29, 1.82) is 5.26 Å². The highest BCUT2D eigenvalue weighted by molar-refractivity contribution is 5.74. The molecule has 0 aromatic heterocycles. The molecule has 1 aliphatic rings. The molecule has 1 aliphatic heterocycles. The first kappa shape index (κ1) is 12.8. The molecule has 0 spiro atoms. The number of hydrogen-bond acceptors (Lipinski definition) is 2. The molecule has 4 nitrogen and oxygen atoms in total. The van der Waals surface area contributed by atoms with Crippen LogP contribution in [0.3, 0.4) is 0 Å². The largest absolute Gasteiger partial charge is 0.334 e. The Morgan fingerprint density at radius 3 is 3.00 bits per heavy atom. The number of hydrogen-bond donors (Lipinski definition) is 1. The van der Waals surface area contributed by atoms with E-state index in [0.29, 0.717) is 12.3 Å². The zero-order valence-electron chi connectivity index (χ0n) is 10.2. The molecular weight excluding hydrogens is 202 g/mol. The summed E-state index contributed by atoms with van der Waals surface area (Å²) >= 11 is 0. The number of piperidine rings is 1. The summed E-state index contributed by atoms with van der Waals surface area (Å²) in [5.74, 6) is 0.593. The molecule has 16 heavy (non-hydrogen) atoms. The van der Waals surface area contributed by atoms with Crippen LogP contribution >= 0.6 is 0 Å². The molecule has 90 valence electrons. The first-order chi connectivity index (χ1) is 7.67. The van der Waals surface area contributed by atoms with E-state index in [2.05, 4.69) is 18.3 Å². The Bertz CT molecular complexity index is 272. The number of nitriles is 1. The molecule has 2 amide bonds. The van der Waals surface area contributed by atoms with Crippen LogP contribution in [0, 0.1) is 17.2 Å². The smallest absolute Gasteiger partial charge is 0.317 e. The van der Waals surface area contributed by atoms with Gasteiger partial charge < -0.3 is 10.2 Å². The first-order valence-electron chi connectivity index (χ1n) is 6.09. The maximum atomic E-state index is 11.9. The minimum Gasteiger partial charge on any atom is -0.334 e. The van der Waals surface area contributed by atoms with E-state index in [4.69, 9.17) is 5.26 Å². The van der Waals surface area contributed by atoms with Gasteiger partial charge in [0, 0.05) is 19.1 Å². The Kier molecular flexibility index (Phi) is 5.10. The van der Waals surface area contributed by atoms with Crippen LogP contribution in [0.25, 0.3) is 0 Å². The number of amides is 2. The lowest BCUT2D eigenvalue weighted by molar-refractivity contribution is 0.166. The molecule has 0 aromatic rings. The summed E-state index contributed by atoms with van der Waals surface area (Å²) in [6, 6.07) is 2.09. The summed E-state index contributed by atoms with van der Waals surface area (Å²) < 4.78 is 0. The third kappa shape index (κ3) is 3.73. The normalized spacial score (nSPS) is 22.3. The van der Waals surface area contributed by atoms with Gasteiger partial charge in [0.05, 0.1) is 12.5 Å². The van der Waals surface area contributed by atoms with Gasteiger partial charge in [-0.05, 0) is 25.2 Å². The lowest BCUT2D eigenvalue weighted by Crippen LogP contribution is -2.48. The number of likely N-dealkylation sites (tertiary alicyclic amines) is 1. The van der Waals surface area contributed by atoms with E-state index in [9.17, 15) is 4.79 Å². The molecule has 1 fully saturated rings. The van der Waals surface area contributed by atoms with Crippen molar-refractivity contribution in [3.63, 3.8) is 0 Å². The molecular formula is C12H21N3O. The van der Waals surface area contributed by atoms with E-state index in [1.807, 2.05) is 11.8 Å². The lowest BCUT2D eigenvalue weighted by Gasteiger charge is -2.32. The van der Waals surface area contributed by atoms with E-state index in [0.717, 1.165) is 25.9 Å². The fourth-order valence-electron chi connectivity index (χ4n) is 2.05. The van der Waals surface area contributed by atoms with E-state index in [1.54, 1.807) is 0 Å². The summed E-state index contributed by atoms with van der Waals surface area (Å²) in [7, 11) is 0. The topological polar surface area (TPSA) is 56.1 Å². The van der Waals surface area contributed by atoms with Gasteiger partial charge in [-0.15, -0.1) is 0 Å². The van der Waals surface area contributed by atoms with Gasteiger partial charge in [-0.2, -0.15) is 5.26 Å². The quantitative estimate of drug-likeness (QED) is 0.796. The second kappa shape index (κ2) is 6.37. The van der Waals surface area contributed by atoms with Crippen molar-refractivity contribution in [3.8, 4) is 6.07 Å². The van der Waals surface area contributed by atoms with Gasteiger partial charge >= 0.3 is 6.03 Å². The van der Waals surface area contributed by atoms with Crippen LogP contribution in [0.15, 0.2) is 0 Å². The van der Waals surface area contributed by atoms with E-state index >= 15 is 0 Å². The molecule has 1 saturated heterocycles. The van der Waals surface area contributed by atoms with Crippen LogP contribution in [-0.2, 0) is 0 Å². The first-order valence-corrected chi connectivity index (χ1v) is 6.09. The highest BCUT2D eigenvalue weighted by Gasteiger charge is 2.22. The van der Waals surface area contributed by atoms with Crippen molar-refractivity contribution in [2.45, 2.75) is 45.6 Å². The summed E-state index contributed by atoms with van der Waals surface area (Å²) in [5.41, 5.74) is 0. The number of rotatable bonds is 3. The van der Waals surface area contributed by atoms with Crippen LogP contribution in [-0.4, -0.2) is 30.1 Å². The van der Waals surface area contributed by atoms with Crippen LogP contribution in [0.5, 0.6) is 0 Å². The average molecular weight is 223 g/mol. The third-order valence-corrected chi connectivity index (χ3v) is 3.10. The molecule has 1 rings (SSSR count). The van der Waals surface area contributed by atoms with Crippen molar-refractivity contribution in [2.24, 2.45) is 5.92 Å². The van der Waals surface area contributed by atoms with Crippen LogP contribution in [0.1, 0.15) is 39.5 Å². The Balaban J connectivity index is 2.41. The molecule has 0 radical (unpaired) electrons. The average Bonchev–Trinajstić information content (AvgIpc) is 2.28. The van der Waals surface area contributed by atoms with Crippen molar-refractivity contribution >= 4 is 6.03 Å². The van der Waals surface area contributed by atoms with Gasteiger partial charge in [0.15, 0.2) is 0 Å². The summed E-state index contributed by atoms with van der Waals surface area (Å²) in [6.45, 7) is 5.85. The van der Waals surface area contributed by atoms with Crippen LogP contribution in [0.2, 0.25) is 0 Å². The van der Waals surface area contributed by atoms with Crippen molar-refractivity contribution in [3.05, 3.63) is 0 Å².